The summed E-state index contributed by atoms with van der Waals surface area (Å²) in [6, 6.07) is 5.16. The van der Waals surface area contributed by atoms with Crippen molar-refractivity contribution in [3.05, 3.63) is 18.2 Å². The second kappa shape index (κ2) is 13.1. The molecule has 0 saturated heterocycles. The number of carbonyl (C=O) groups excluding carboxylic acids is 1. The lowest BCUT2D eigenvalue weighted by atomic mass is 9.98. The minimum Gasteiger partial charge on any atom is -0.497 e. The lowest BCUT2D eigenvalue weighted by Crippen LogP contribution is -2.37. The first kappa shape index (κ1) is 27.3. The number of methoxy groups -OCH3 is 2. The van der Waals surface area contributed by atoms with E-state index in [1.807, 2.05) is 0 Å². The smallest absolute Gasteiger partial charge is 0.303 e. The number of aliphatic hydroxyl groups excluding tert-OH is 1. The zero-order chi connectivity index (χ0) is 24.4. The van der Waals surface area contributed by atoms with Gasteiger partial charge in [0.15, 0.2) is 11.5 Å². The van der Waals surface area contributed by atoms with Crippen LogP contribution in [-0.2, 0) is 9.59 Å². The van der Waals surface area contributed by atoms with Crippen molar-refractivity contribution < 1.29 is 39.1 Å². The molecule has 9 heteroatoms. The number of ether oxygens (including phenoxy) is 3. The van der Waals surface area contributed by atoms with Gasteiger partial charge in [-0.3, -0.25) is 9.59 Å². The molecule has 1 aliphatic rings. The van der Waals surface area contributed by atoms with E-state index in [2.05, 4.69) is 0 Å². The zero-order valence-corrected chi connectivity index (χ0v) is 20.4. The summed E-state index contributed by atoms with van der Waals surface area (Å²) < 4.78 is 16.3. The summed E-state index contributed by atoms with van der Waals surface area (Å²) in [7, 11) is 3.09. The van der Waals surface area contributed by atoms with Crippen molar-refractivity contribution in [1.29, 1.82) is 0 Å². The number of aliphatic hydroxyl groups is 2. The van der Waals surface area contributed by atoms with E-state index in [9.17, 15) is 19.8 Å². The molecule has 3 N–H and O–H groups in total. The molecule has 0 amide bonds. The van der Waals surface area contributed by atoms with Crippen molar-refractivity contribution in [1.82, 2.24) is 0 Å². The van der Waals surface area contributed by atoms with E-state index in [1.54, 1.807) is 32.2 Å². The predicted octanol–water partition coefficient (Wildman–Crippen LogP) is 3.31. The van der Waals surface area contributed by atoms with Crippen molar-refractivity contribution >= 4 is 23.5 Å². The second-order valence-electron chi connectivity index (χ2n) is 8.77. The number of Topliss-reactive ketones (excluding diaryl/α,β-unsaturated/α-hetero) is 1. The molecule has 0 spiro atoms. The van der Waals surface area contributed by atoms with E-state index in [-0.39, 0.29) is 36.4 Å². The quantitative estimate of drug-likeness (QED) is 0.322. The van der Waals surface area contributed by atoms with Crippen LogP contribution in [0.15, 0.2) is 18.2 Å². The van der Waals surface area contributed by atoms with Crippen molar-refractivity contribution in [3.8, 4) is 17.2 Å². The Morgan fingerprint density at radius 1 is 1.15 bits per heavy atom. The maximum atomic E-state index is 12.4. The SMILES string of the molecule is COc1ccc(OCC(C)(O)CS[C@H]2C(O)CC(=O)[C@@H]2CCCCCCC(=O)O)c(OC)c1. The highest BCUT2D eigenvalue weighted by Gasteiger charge is 2.42. The minimum absolute atomic E-state index is 0.0215. The van der Waals surface area contributed by atoms with Gasteiger partial charge in [0.05, 0.1) is 20.3 Å². The lowest BCUT2D eigenvalue weighted by Gasteiger charge is -2.27. The Morgan fingerprint density at radius 2 is 1.88 bits per heavy atom. The van der Waals surface area contributed by atoms with Crippen LogP contribution in [-0.4, -0.2) is 70.6 Å². The van der Waals surface area contributed by atoms with Gasteiger partial charge in [-0.05, 0) is 31.9 Å². The Labute approximate surface area is 199 Å². The normalized spacial score (nSPS) is 22.1. The van der Waals surface area contributed by atoms with Gasteiger partial charge in [-0.2, -0.15) is 11.8 Å². The first-order valence-electron chi connectivity index (χ1n) is 11.3. The van der Waals surface area contributed by atoms with Crippen molar-refractivity contribution in [2.75, 3.05) is 26.6 Å². The molecule has 1 aliphatic carbocycles. The summed E-state index contributed by atoms with van der Waals surface area (Å²) in [4.78, 5) is 23.0. The van der Waals surface area contributed by atoms with Crippen molar-refractivity contribution in [2.45, 2.75) is 68.8 Å². The van der Waals surface area contributed by atoms with E-state index in [0.717, 1.165) is 19.3 Å². The largest absolute Gasteiger partial charge is 0.497 e. The topological polar surface area (TPSA) is 123 Å². The number of rotatable bonds is 15. The predicted molar refractivity (Wildman–Crippen MR) is 126 cm³/mol. The number of benzene rings is 1. The average Bonchev–Trinajstić information content (AvgIpc) is 3.05. The molecule has 186 valence electrons. The summed E-state index contributed by atoms with van der Waals surface area (Å²) >= 11 is 1.40. The molecule has 2 unspecified atom stereocenters. The maximum absolute atomic E-state index is 12.4. The van der Waals surface area contributed by atoms with E-state index >= 15 is 0 Å². The molecule has 2 rings (SSSR count). The molecule has 0 bridgehead atoms. The molecule has 33 heavy (non-hydrogen) atoms. The van der Waals surface area contributed by atoms with Crippen LogP contribution in [0, 0.1) is 5.92 Å². The summed E-state index contributed by atoms with van der Waals surface area (Å²) in [5.41, 5.74) is -1.18. The van der Waals surface area contributed by atoms with Crippen LogP contribution in [0.3, 0.4) is 0 Å². The third-order valence-electron chi connectivity index (χ3n) is 5.75. The Kier molecular flexibility index (Phi) is 10.8. The summed E-state index contributed by atoms with van der Waals surface area (Å²) in [6.07, 6.45) is 3.38. The second-order valence-corrected chi connectivity index (χ2v) is 9.94. The monoisotopic (exact) mass is 484 g/mol. The number of hydrogen-bond acceptors (Lipinski definition) is 8. The molecule has 1 aromatic carbocycles. The van der Waals surface area contributed by atoms with E-state index in [4.69, 9.17) is 19.3 Å². The van der Waals surface area contributed by atoms with Crippen molar-refractivity contribution in [3.63, 3.8) is 0 Å². The third-order valence-corrected chi connectivity index (χ3v) is 7.57. The van der Waals surface area contributed by atoms with Gasteiger partial charge < -0.3 is 29.5 Å². The fourth-order valence-corrected chi connectivity index (χ4v) is 5.39. The molecule has 1 aromatic rings. The Balaban J connectivity index is 1.84. The van der Waals surface area contributed by atoms with Crippen LogP contribution in [0.1, 0.15) is 51.9 Å². The van der Waals surface area contributed by atoms with Crippen LogP contribution in [0.2, 0.25) is 0 Å². The van der Waals surface area contributed by atoms with E-state index < -0.39 is 17.7 Å². The van der Waals surface area contributed by atoms with Gasteiger partial charge in [0.1, 0.15) is 23.7 Å². The molecule has 0 aliphatic heterocycles. The highest BCUT2D eigenvalue weighted by Crippen LogP contribution is 2.38. The van der Waals surface area contributed by atoms with Crippen LogP contribution >= 0.6 is 11.8 Å². The van der Waals surface area contributed by atoms with Gasteiger partial charge in [-0.1, -0.05) is 19.3 Å². The van der Waals surface area contributed by atoms with Gasteiger partial charge in [0.25, 0.3) is 0 Å². The van der Waals surface area contributed by atoms with Gasteiger partial charge >= 0.3 is 5.97 Å². The van der Waals surface area contributed by atoms with Crippen LogP contribution < -0.4 is 14.2 Å². The van der Waals surface area contributed by atoms with Crippen LogP contribution in [0.4, 0.5) is 0 Å². The first-order valence-corrected chi connectivity index (χ1v) is 12.3. The summed E-state index contributed by atoms with van der Waals surface area (Å²) in [6.45, 7) is 1.68. The van der Waals surface area contributed by atoms with E-state index in [1.165, 1.54) is 18.9 Å². The molecular formula is C24H36O8S. The molecule has 0 radical (unpaired) electrons. The average molecular weight is 485 g/mol. The maximum Gasteiger partial charge on any atom is 0.303 e. The van der Waals surface area contributed by atoms with Crippen molar-refractivity contribution in [2.24, 2.45) is 5.92 Å². The number of ketones is 1. The fraction of sp³-hybridized carbons (Fsp3) is 0.667. The first-order chi connectivity index (χ1) is 15.7. The third kappa shape index (κ3) is 8.72. The zero-order valence-electron chi connectivity index (χ0n) is 19.6. The number of aliphatic carboxylic acids is 1. The highest BCUT2D eigenvalue weighted by molar-refractivity contribution is 8.00. The number of carbonyl (C=O) groups is 2. The standard InChI is InChI=1S/C24H36O8S/c1-24(29,14-32-20-11-10-16(30-2)12-21(20)31-3)15-33-23-17(18(25)13-19(23)26)8-6-4-5-7-9-22(27)28/h10-12,17,19,23,26,29H,4-9,13-15H2,1-3H3,(H,27,28)/t17-,19?,23+,24?/m0/s1. The number of thioether (sulfide) groups is 1. The van der Waals surface area contributed by atoms with Gasteiger partial charge in [0, 0.05) is 35.8 Å². The van der Waals surface area contributed by atoms with Crippen LogP contribution in [0.25, 0.3) is 0 Å². The molecule has 4 atom stereocenters. The number of carboxylic acid groups (broad SMARTS) is 1. The van der Waals surface area contributed by atoms with Gasteiger partial charge in [-0.25, -0.2) is 0 Å². The molecule has 0 aromatic heterocycles. The summed E-state index contributed by atoms with van der Waals surface area (Å²) in [5, 5.41) is 29.7. The number of unbranched alkanes of at least 4 members (excludes halogenated alkanes) is 3. The number of carboxylic acids is 1. The minimum atomic E-state index is -1.18. The Morgan fingerprint density at radius 3 is 2.55 bits per heavy atom. The molecule has 1 saturated carbocycles. The Hall–Kier alpha value is -1.97. The van der Waals surface area contributed by atoms with Gasteiger partial charge in [-0.15, -0.1) is 0 Å². The molecule has 1 fully saturated rings. The van der Waals surface area contributed by atoms with Gasteiger partial charge in [0.2, 0.25) is 0 Å². The highest BCUT2D eigenvalue weighted by atomic mass is 32.2. The molecular weight excluding hydrogens is 448 g/mol. The molecule has 0 heterocycles. The summed E-state index contributed by atoms with van der Waals surface area (Å²) in [5.74, 6) is 0.942. The number of hydrogen-bond donors (Lipinski definition) is 3. The van der Waals surface area contributed by atoms with Crippen LogP contribution in [0.5, 0.6) is 17.2 Å². The lowest BCUT2D eigenvalue weighted by molar-refractivity contribution is -0.137. The Bertz CT molecular complexity index is 782. The fourth-order valence-electron chi connectivity index (χ4n) is 3.92. The van der Waals surface area contributed by atoms with E-state index in [0.29, 0.717) is 35.8 Å². The molecule has 8 nitrogen and oxygen atoms in total.